The Labute approximate surface area is 148 Å². The Hall–Kier alpha value is -2.41. The van der Waals surface area contributed by atoms with Crippen LogP contribution in [0.15, 0.2) is 24.3 Å². The van der Waals surface area contributed by atoms with Crippen LogP contribution in [0.25, 0.3) is 0 Å². The first kappa shape index (κ1) is 18.9. The molecule has 1 aromatic rings. The number of likely N-dealkylation sites (N-methyl/N-ethyl adjacent to an activating group) is 1. The molecule has 2 rings (SSSR count). The van der Waals surface area contributed by atoms with E-state index in [1.165, 1.54) is 18.7 Å². The number of rotatable bonds is 5. The lowest BCUT2D eigenvalue weighted by Crippen LogP contribution is -2.51. The summed E-state index contributed by atoms with van der Waals surface area (Å²) in [6.07, 6.45) is 0. The third kappa shape index (κ3) is 5.29. The maximum absolute atomic E-state index is 12.6. The zero-order valence-electron chi connectivity index (χ0n) is 15.1. The second kappa shape index (κ2) is 8.62. The van der Waals surface area contributed by atoms with Crippen molar-refractivity contribution in [1.29, 1.82) is 0 Å². The number of nitrogens with zero attached hydrogens (tertiary/aromatic N) is 3. The molecule has 25 heavy (non-hydrogen) atoms. The molecule has 1 aromatic carbocycles. The summed E-state index contributed by atoms with van der Waals surface area (Å²) in [5.41, 5.74) is 1.30. The van der Waals surface area contributed by atoms with Crippen molar-refractivity contribution in [3.63, 3.8) is 0 Å². The molecule has 1 N–H and O–H groups in total. The van der Waals surface area contributed by atoms with Gasteiger partial charge in [-0.3, -0.25) is 14.4 Å². The van der Waals surface area contributed by atoms with Crippen molar-refractivity contribution in [3.8, 4) is 0 Å². The van der Waals surface area contributed by atoms with Gasteiger partial charge in [0.15, 0.2) is 0 Å². The summed E-state index contributed by atoms with van der Waals surface area (Å²) in [4.78, 5) is 41.2. The van der Waals surface area contributed by atoms with Gasteiger partial charge in [-0.25, -0.2) is 0 Å². The van der Waals surface area contributed by atoms with Crippen LogP contribution in [-0.4, -0.2) is 66.8 Å². The van der Waals surface area contributed by atoms with Crippen LogP contribution in [0.5, 0.6) is 0 Å². The van der Waals surface area contributed by atoms with Crippen molar-refractivity contribution in [2.45, 2.75) is 20.8 Å². The number of carbonyl (C=O) groups is 3. The summed E-state index contributed by atoms with van der Waals surface area (Å²) in [5, 5.41) is 2.68. The number of anilines is 2. The molecule has 0 unspecified atom stereocenters. The van der Waals surface area contributed by atoms with E-state index >= 15 is 0 Å². The SMILES string of the molecule is CCN1CCN(C(=O)CN(C(C)=O)c2ccc(NC(C)=O)cc2)CC1. The third-order valence-electron chi connectivity index (χ3n) is 4.35. The Morgan fingerprint density at radius 2 is 1.64 bits per heavy atom. The number of carbonyl (C=O) groups excluding carboxylic acids is 3. The highest BCUT2D eigenvalue weighted by Crippen LogP contribution is 2.18. The molecular weight excluding hydrogens is 320 g/mol. The lowest BCUT2D eigenvalue weighted by Gasteiger charge is -2.35. The highest BCUT2D eigenvalue weighted by Gasteiger charge is 2.23. The molecule has 1 heterocycles. The molecule has 3 amide bonds. The number of nitrogens with one attached hydrogen (secondary N) is 1. The van der Waals surface area contributed by atoms with Crippen LogP contribution in [0.3, 0.4) is 0 Å². The Kier molecular flexibility index (Phi) is 6.52. The lowest BCUT2D eigenvalue weighted by atomic mass is 10.2. The van der Waals surface area contributed by atoms with Crippen molar-refractivity contribution in [3.05, 3.63) is 24.3 Å². The monoisotopic (exact) mass is 346 g/mol. The van der Waals surface area contributed by atoms with Crippen molar-refractivity contribution in [2.75, 3.05) is 49.5 Å². The van der Waals surface area contributed by atoms with Crippen molar-refractivity contribution in [2.24, 2.45) is 0 Å². The molecular formula is C18H26N4O3. The van der Waals surface area contributed by atoms with Gasteiger partial charge in [0.2, 0.25) is 17.7 Å². The average molecular weight is 346 g/mol. The van der Waals surface area contributed by atoms with Gasteiger partial charge >= 0.3 is 0 Å². The summed E-state index contributed by atoms with van der Waals surface area (Å²) in [7, 11) is 0. The van der Waals surface area contributed by atoms with Crippen LogP contribution in [0.1, 0.15) is 20.8 Å². The normalized spacial score (nSPS) is 14.9. The van der Waals surface area contributed by atoms with Crippen molar-refractivity contribution >= 4 is 29.1 Å². The number of piperazine rings is 1. The van der Waals surface area contributed by atoms with E-state index in [0.717, 1.165) is 19.6 Å². The van der Waals surface area contributed by atoms with Gasteiger partial charge in [0.1, 0.15) is 6.54 Å². The van der Waals surface area contributed by atoms with E-state index in [4.69, 9.17) is 0 Å². The minimum atomic E-state index is -0.187. The first-order valence-electron chi connectivity index (χ1n) is 8.56. The summed E-state index contributed by atoms with van der Waals surface area (Å²) >= 11 is 0. The molecule has 0 aliphatic carbocycles. The van der Waals surface area contributed by atoms with Gasteiger partial charge in [-0.05, 0) is 30.8 Å². The number of amides is 3. The van der Waals surface area contributed by atoms with Crippen LogP contribution in [0.4, 0.5) is 11.4 Å². The third-order valence-corrected chi connectivity index (χ3v) is 4.35. The van der Waals surface area contributed by atoms with Crippen LogP contribution in [-0.2, 0) is 14.4 Å². The topological polar surface area (TPSA) is 73.0 Å². The molecule has 1 saturated heterocycles. The zero-order chi connectivity index (χ0) is 18.4. The van der Waals surface area contributed by atoms with E-state index in [0.29, 0.717) is 24.5 Å². The predicted octanol–water partition coefficient (Wildman–Crippen LogP) is 1.16. The van der Waals surface area contributed by atoms with Gasteiger partial charge in [0.05, 0.1) is 0 Å². The zero-order valence-corrected chi connectivity index (χ0v) is 15.1. The van der Waals surface area contributed by atoms with Gasteiger partial charge in [-0.1, -0.05) is 6.92 Å². The van der Waals surface area contributed by atoms with Crippen LogP contribution in [0, 0.1) is 0 Å². The highest BCUT2D eigenvalue weighted by atomic mass is 16.2. The minimum absolute atomic E-state index is 0.0287. The van der Waals surface area contributed by atoms with E-state index in [1.54, 1.807) is 24.3 Å². The number of hydrogen-bond donors (Lipinski definition) is 1. The highest BCUT2D eigenvalue weighted by molar-refractivity contribution is 5.98. The van der Waals surface area contributed by atoms with Gasteiger partial charge in [0, 0.05) is 51.4 Å². The Bertz CT molecular complexity index is 622. The van der Waals surface area contributed by atoms with Crippen molar-refractivity contribution < 1.29 is 14.4 Å². The molecule has 1 aliphatic heterocycles. The smallest absolute Gasteiger partial charge is 0.242 e. The fourth-order valence-electron chi connectivity index (χ4n) is 2.86. The Balaban J connectivity index is 2.02. The molecule has 136 valence electrons. The first-order valence-corrected chi connectivity index (χ1v) is 8.56. The largest absolute Gasteiger partial charge is 0.339 e. The number of benzene rings is 1. The molecule has 0 aromatic heterocycles. The average Bonchev–Trinajstić information content (AvgIpc) is 2.59. The summed E-state index contributed by atoms with van der Waals surface area (Å²) in [5.74, 6) is -0.387. The molecule has 0 bridgehead atoms. The summed E-state index contributed by atoms with van der Waals surface area (Å²) in [6.45, 7) is 9.14. The molecule has 0 spiro atoms. The van der Waals surface area contributed by atoms with Gasteiger partial charge in [0.25, 0.3) is 0 Å². The quantitative estimate of drug-likeness (QED) is 0.868. The molecule has 1 fully saturated rings. The van der Waals surface area contributed by atoms with Crippen LogP contribution >= 0.6 is 0 Å². The van der Waals surface area contributed by atoms with Crippen LogP contribution in [0.2, 0.25) is 0 Å². The van der Waals surface area contributed by atoms with Crippen molar-refractivity contribution in [1.82, 2.24) is 9.80 Å². The Morgan fingerprint density at radius 1 is 1.04 bits per heavy atom. The molecule has 7 heteroatoms. The second-order valence-electron chi connectivity index (χ2n) is 6.15. The summed E-state index contributed by atoms with van der Waals surface area (Å²) in [6, 6.07) is 6.90. The predicted molar refractivity (Wildman–Crippen MR) is 97.5 cm³/mol. The van der Waals surface area contributed by atoms with E-state index in [1.807, 2.05) is 4.90 Å². The lowest BCUT2D eigenvalue weighted by molar-refractivity contribution is -0.132. The number of hydrogen-bond acceptors (Lipinski definition) is 4. The maximum atomic E-state index is 12.6. The maximum Gasteiger partial charge on any atom is 0.242 e. The second-order valence-corrected chi connectivity index (χ2v) is 6.15. The molecule has 0 radical (unpaired) electrons. The Morgan fingerprint density at radius 3 is 2.12 bits per heavy atom. The summed E-state index contributed by atoms with van der Waals surface area (Å²) < 4.78 is 0. The van der Waals surface area contributed by atoms with E-state index in [9.17, 15) is 14.4 Å². The van der Waals surface area contributed by atoms with Gasteiger partial charge < -0.3 is 20.0 Å². The van der Waals surface area contributed by atoms with E-state index in [-0.39, 0.29) is 24.3 Å². The fraction of sp³-hybridized carbons (Fsp3) is 0.500. The van der Waals surface area contributed by atoms with Crippen LogP contribution < -0.4 is 10.2 Å². The molecule has 0 atom stereocenters. The fourth-order valence-corrected chi connectivity index (χ4v) is 2.86. The van der Waals surface area contributed by atoms with E-state index in [2.05, 4.69) is 17.1 Å². The molecule has 0 saturated carbocycles. The van der Waals surface area contributed by atoms with E-state index < -0.39 is 0 Å². The van der Waals surface area contributed by atoms with Gasteiger partial charge in [-0.15, -0.1) is 0 Å². The minimum Gasteiger partial charge on any atom is -0.339 e. The molecule has 1 aliphatic rings. The molecule has 7 nitrogen and oxygen atoms in total. The standard InChI is InChI=1S/C18H26N4O3/c1-4-20-9-11-21(12-10-20)18(25)13-22(15(3)24)17-7-5-16(6-8-17)19-14(2)23/h5-8H,4,9-13H2,1-3H3,(H,19,23). The first-order chi connectivity index (χ1) is 11.9. The van der Waals surface area contributed by atoms with Gasteiger partial charge in [-0.2, -0.15) is 0 Å².